The van der Waals surface area contributed by atoms with Crippen LogP contribution in [0.2, 0.25) is 0 Å². The third kappa shape index (κ3) is 2.96. The highest BCUT2D eigenvalue weighted by atomic mass is 19.4. The molecule has 0 spiro atoms. The first kappa shape index (κ1) is 16.0. The minimum atomic E-state index is -5.06. The Morgan fingerprint density at radius 2 is 2.18 bits per heavy atom. The molecule has 1 atom stereocenters. The number of carbonyl (C=O) groups excluding carboxylic acids is 1. The van der Waals surface area contributed by atoms with Crippen LogP contribution in [-0.2, 0) is 17.4 Å². The maximum atomic E-state index is 13.2. The molecule has 0 fully saturated rings. The number of H-pyrrole nitrogens is 1. The molecular weight excluding hydrogens is 303 g/mol. The third-order valence-electron chi connectivity index (χ3n) is 3.05. The summed E-state index contributed by atoms with van der Waals surface area (Å²) in [5.74, 6) is -1.62. The van der Waals surface area contributed by atoms with E-state index >= 15 is 0 Å². The number of amides is 1. The van der Waals surface area contributed by atoms with Crippen LogP contribution >= 0.6 is 0 Å². The van der Waals surface area contributed by atoms with Crippen LogP contribution in [0.15, 0.2) is 18.5 Å². The molecular formula is C12H14F3N5O2. The summed E-state index contributed by atoms with van der Waals surface area (Å²) in [6.07, 6.45) is -3.93. The highest BCUT2D eigenvalue weighted by Gasteiger charge is 2.58. The molecule has 22 heavy (non-hydrogen) atoms. The van der Waals surface area contributed by atoms with Crippen molar-refractivity contribution in [3.63, 3.8) is 0 Å². The van der Waals surface area contributed by atoms with Crippen LogP contribution in [0.4, 0.5) is 19.0 Å². The van der Waals surface area contributed by atoms with Crippen LogP contribution in [-0.4, -0.2) is 36.9 Å². The fourth-order valence-corrected chi connectivity index (χ4v) is 1.97. The number of aromatic amines is 1. The molecule has 2 heterocycles. The monoisotopic (exact) mass is 317 g/mol. The quantitative estimate of drug-likeness (QED) is 0.790. The number of hydrogen-bond acceptors (Lipinski definition) is 4. The van der Waals surface area contributed by atoms with Crippen molar-refractivity contribution in [3.8, 4) is 0 Å². The molecule has 7 nitrogen and oxygen atoms in total. The molecule has 0 bridgehead atoms. The average Bonchev–Trinajstić information content (AvgIpc) is 2.96. The molecule has 2 aromatic rings. The molecule has 1 unspecified atom stereocenters. The number of aliphatic hydroxyl groups is 1. The van der Waals surface area contributed by atoms with E-state index in [2.05, 4.69) is 20.5 Å². The number of nitrogens with one attached hydrogen (secondary N) is 2. The molecule has 10 heteroatoms. The van der Waals surface area contributed by atoms with Gasteiger partial charge in [0.1, 0.15) is 0 Å². The Bertz CT molecular complexity index is 678. The highest BCUT2D eigenvalue weighted by molar-refractivity contribution is 5.90. The number of anilines is 1. The second-order valence-electron chi connectivity index (χ2n) is 4.88. The Kier molecular flexibility index (Phi) is 3.96. The predicted octanol–water partition coefficient (Wildman–Crippen LogP) is 1.23. The molecule has 0 aliphatic heterocycles. The average molecular weight is 317 g/mol. The van der Waals surface area contributed by atoms with E-state index in [9.17, 15) is 23.1 Å². The lowest BCUT2D eigenvalue weighted by Crippen LogP contribution is -2.46. The summed E-state index contributed by atoms with van der Waals surface area (Å²) in [4.78, 5) is 15.3. The van der Waals surface area contributed by atoms with Crippen LogP contribution in [0.3, 0.4) is 0 Å². The maximum absolute atomic E-state index is 13.2. The Hall–Kier alpha value is -2.36. The number of carbonyl (C=O) groups is 1. The molecule has 0 aromatic carbocycles. The maximum Gasteiger partial charge on any atom is 0.425 e. The molecule has 0 saturated heterocycles. The fourth-order valence-electron chi connectivity index (χ4n) is 1.97. The number of alkyl halides is 3. The van der Waals surface area contributed by atoms with E-state index in [4.69, 9.17) is 0 Å². The largest absolute Gasteiger partial charge is 0.425 e. The van der Waals surface area contributed by atoms with Gasteiger partial charge in [0.05, 0.1) is 6.42 Å². The van der Waals surface area contributed by atoms with E-state index < -0.39 is 29.9 Å². The van der Waals surface area contributed by atoms with Gasteiger partial charge < -0.3 is 15.0 Å². The summed E-state index contributed by atoms with van der Waals surface area (Å²) < 4.78 is 40.8. The molecule has 2 aromatic heterocycles. The topological polar surface area (TPSA) is 95.8 Å². The molecule has 2 rings (SSSR count). The zero-order chi connectivity index (χ0) is 16.5. The summed E-state index contributed by atoms with van der Waals surface area (Å²) in [7, 11) is 1.30. The lowest BCUT2D eigenvalue weighted by atomic mass is 9.97. The van der Waals surface area contributed by atoms with Crippen molar-refractivity contribution in [2.75, 3.05) is 5.32 Å². The van der Waals surface area contributed by atoms with Gasteiger partial charge in [0.25, 0.3) is 0 Å². The lowest BCUT2D eigenvalue weighted by Gasteiger charge is -2.29. The predicted molar refractivity (Wildman–Crippen MR) is 69.7 cm³/mol. The fraction of sp³-hybridized carbons (Fsp3) is 0.417. The van der Waals surface area contributed by atoms with Crippen molar-refractivity contribution in [1.29, 1.82) is 0 Å². The first-order valence-corrected chi connectivity index (χ1v) is 6.22. The van der Waals surface area contributed by atoms with E-state index in [1.54, 1.807) is 6.92 Å². The van der Waals surface area contributed by atoms with E-state index in [1.807, 2.05) is 0 Å². The van der Waals surface area contributed by atoms with Gasteiger partial charge in [0.2, 0.25) is 11.5 Å². The van der Waals surface area contributed by atoms with Gasteiger partial charge in [-0.3, -0.25) is 9.89 Å². The molecule has 3 N–H and O–H groups in total. The summed E-state index contributed by atoms with van der Waals surface area (Å²) >= 11 is 0. The van der Waals surface area contributed by atoms with Gasteiger partial charge in [-0.2, -0.15) is 18.3 Å². The number of rotatable bonds is 4. The Balaban J connectivity index is 2.24. The summed E-state index contributed by atoms with van der Waals surface area (Å²) in [5.41, 5.74) is -2.76. The zero-order valence-electron chi connectivity index (χ0n) is 11.8. The second-order valence-corrected chi connectivity index (χ2v) is 4.88. The number of aromatic nitrogens is 4. The van der Waals surface area contributed by atoms with E-state index in [0.29, 0.717) is 5.69 Å². The molecule has 120 valence electrons. The first-order chi connectivity index (χ1) is 10.1. The number of imidazole rings is 1. The first-order valence-electron chi connectivity index (χ1n) is 6.22. The normalized spacial score (nSPS) is 14.6. The zero-order valence-corrected chi connectivity index (χ0v) is 11.8. The lowest BCUT2D eigenvalue weighted by molar-refractivity contribution is -0.270. The summed E-state index contributed by atoms with van der Waals surface area (Å²) in [6.45, 7) is 1.67. The Labute approximate surface area is 123 Å². The number of nitrogens with zero attached hydrogens (tertiary/aromatic N) is 3. The van der Waals surface area contributed by atoms with Crippen LogP contribution < -0.4 is 5.32 Å². The molecule has 0 aliphatic carbocycles. The van der Waals surface area contributed by atoms with Gasteiger partial charge in [0.15, 0.2) is 11.6 Å². The van der Waals surface area contributed by atoms with E-state index in [-0.39, 0.29) is 5.82 Å². The summed E-state index contributed by atoms with van der Waals surface area (Å²) in [6, 6.07) is 1.45. The third-order valence-corrected chi connectivity index (χ3v) is 3.05. The van der Waals surface area contributed by atoms with Gasteiger partial charge in [0, 0.05) is 31.2 Å². The van der Waals surface area contributed by atoms with Crippen molar-refractivity contribution >= 4 is 11.7 Å². The van der Waals surface area contributed by atoms with Crippen LogP contribution in [0, 0.1) is 6.92 Å². The van der Waals surface area contributed by atoms with Gasteiger partial charge in [-0.25, -0.2) is 4.98 Å². The van der Waals surface area contributed by atoms with Crippen LogP contribution in [0.1, 0.15) is 17.9 Å². The van der Waals surface area contributed by atoms with Crippen LogP contribution in [0.5, 0.6) is 0 Å². The number of aryl methyl sites for hydroxylation is 2. The molecule has 0 saturated carbocycles. The van der Waals surface area contributed by atoms with Crippen molar-refractivity contribution in [1.82, 2.24) is 19.7 Å². The van der Waals surface area contributed by atoms with Gasteiger partial charge in [-0.15, -0.1) is 0 Å². The highest BCUT2D eigenvalue weighted by Crippen LogP contribution is 2.40. The van der Waals surface area contributed by atoms with Crippen LogP contribution in [0.25, 0.3) is 0 Å². The molecule has 0 aliphatic rings. The van der Waals surface area contributed by atoms with Gasteiger partial charge >= 0.3 is 6.18 Å². The van der Waals surface area contributed by atoms with Crippen molar-refractivity contribution in [3.05, 3.63) is 30.0 Å². The van der Waals surface area contributed by atoms with Crippen molar-refractivity contribution in [2.45, 2.75) is 25.1 Å². The van der Waals surface area contributed by atoms with Gasteiger partial charge in [-0.05, 0) is 6.92 Å². The summed E-state index contributed by atoms with van der Waals surface area (Å²) in [5, 5.41) is 18.5. The molecule has 1 amide bonds. The smallest absolute Gasteiger partial charge is 0.374 e. The van der Waals surface area contributed by atoms with Crippen molar-refractivity contribution in [2.24, 2.45) is 7.05 Å². The minimum Gasteiger partial charge on any atom is -0.374 e. The second kappa shape index (κ2) is 5.44. The minimum absolute atomic E-state index is 0.0758. The van der Waals surface area contributed by atoms with E-state index in [0.717, 1.165) is 10.8 Å². The Morgan fingerprint density at radius 1 is 1.50 bits per heavy atom. The Morgan fingerprint density at radius 3 is 2.64 bits per heavy atom. The van der Waals surface area contributed by atoms with Gasteiger partial charge in [-0.1, -0.05) is 0 Å². The van der Waals surface area contributed by atoms with E-state index in [1.165, 1.54) is 19.3 Å². The standard InChI is InChI=1S/C12H14F3N5O2/c1-7-5-8(19-18-7)17-9(21)6-11(22,12(13,14)15)10-16-3-4-20(10)2/h3-5,22H,6H2,1-2H3,(H2,17,18,19,21). The SMILES string of the molecule is Cc1cc(NC(=O)CC(O)(c2nccn2C)C(F)(F)F)n[nH]1. The number of hydrogen-bond donors (Lipinski definition) is 3. The molecule has 0 radical (unpaired) electrons. The van der Waals surface area contributed by atoms with Crippen molar-refractivity contribution < 1.29 is 23.1 Å². The number of halogens is 3.